The van der Waals surface area contributed by atoms with Crippen LogP contribution in [0.4, 0.5) is 5.69 Å². The van der Waals surface area contributed by atoms with Crippen molar-refractivity contribution in [1.29, 1.82) is 0 Å². The lowest BCUT2D eigenvalue weighted by molar-refractivity contribution is -0.137. The molecule has 0 spiro atoms. The molecule has 0 radical (unpaired) electrons. The van der Waals surface area contributed by atoms with Crippen molar-refractivity contribution in [2.75, 3.05) is 18.0 Å². The first-order valence-electron chi connectivity index (χ1n) is 9.41. The van der Waals surface area contributed by atoms with Gasteiger partial charge in [0.05, 0.1) is 30.9 Å². The Morgan fingerprint density at radius 1 is 1.26 bits per heavy atom. The molecule has 0 saturated heterocycles. The Hall–Kier alpha value is -2.67. The maximum Gasteiger partial charge on any atom is 0.303 e. The number of carboxylic acid groups (broad SMARTS) is 1. The van der Waals surface area contributed by atoms with Gasteiger partial charge >= 0.3 is 5.97 Å². The SMILES string of the molecule is CC1Cc2ccccc2N1C(=O)CN1CCn2nc(CCC(=O)O)cc2C1. The molecule has 0 aliphatic carbocycles. The van der Waals surface area contributed by atoms with Crippen LogP contribution in [0.25, 0.3) is 0 Å². The van der Waals surface area contributed by atoms with Gasteiger partial charge in [0.15, 0.2) is 0 Å². The first kappa shape index (κ1) is 17.7. The summed E-state index contributed by atoms with van der Waals surface area (Å²) in [5.41, 5.74) is 4.12. The summed E-state index contributed by atoms with van der Waals surface area (Å²) < 4.78 is 1.94. The van der Waals surface area contributed by atoms with E-state index >= 15 is 0 Å². The molecule has 1 aromatic heterocycles. The normalized spacial score (nSPS) is 19.0. The Kier molecular flexibility index (Phi) is 4.70. The summed E-state index contributed by atoms with van der Waals surface area (Å²) >= 11 is 0. The maximum atomic E-state index is 13.0. The van der Waals surface area contributed by atoms with E-state index in [9.17, 15) is 9.59 Å². The number of aryl methyl sites for hydroxylation is 1. The number of rotatable bonds is 5. The predicted molar refractivity (Wildman–Crippen MR) is 101 cm³/mol. The number of amides is 1. The summed E-state index contributed by atoms with van der Waals surface area (Å²) in [6.45, 7) is 4.63. The Morgan fingerprint density at radius 3 is 2.89 bits per heavy atom. The van der Waals surface area contributed by atoms with Crippen LogP contribution >= 0.6 is 0 Å². The second kappa shape index (κ2) is 7.15. The molecule has 1 unspecified atom stereocenters. The van der Waals surface area contributed by atoms with Gasteiger partial charge in [-0.15, -0.1) is 0 Å². The van der Waals surface area contributed by atoms with Gasteiger partial charge in [-0.3, -0.25) is 19.2 Å². The highest BCUT2D eigenvalue weighted by atomic mass is 16.4. The van der Waals surface area contributed by atoms with Gasteiger partial charge in [-0.2, -0.15) is 5.10 Å². The minimum absolute atomic E-state index is 0.0882. The zero-order valence-electron chi connectivity index (χ0n) is 15.5. The molecule has 2 aliphatic heterocycles. The van der Waals surface area contributed by atoms with Crippen LogP contribution in [-0.4, -0.2) is 50.8 Å². The van der Waals surface area contributed by atoms with Gasteiger partial charge in [-0.05, 0) is 31.0 Å². The van der Waals surface area contributed by atoms with Crippen LogP contribution in [0.15, 0.2) is 30.3 Å². The molecule has 2 aromatic rings. The first-order valence-corrected chi connectivity index (χ1v) is 9.41. The van der Waals surface area contributed by atoms with Crippen molar-refractivity contribution in [3.63, 3.8) is 0 Å². The van der Waals surface area contributed by atoms with Crippen LogP contribution < -0.4 is 4.90 Å². The molecule has 7 heteroatoms. The molecule has 4 rings (SSSR count). The number of benzene rings is 1. The zero-order valence-corrected chi connectivity index (χ0v) is 15.5. The summed E-state index contributed by atoms with van der Waals surface area (Å²) in [5, 5.41) is 13.3. The van der Waals surface area contributed by atoms with Crippen LogP contribution in [-0.2, 0) is 35.5 Å². The zero-order chi connectivity index (χ0) is 19.0. The van der Waals surface area contributed by atoms with E-state index in [1.165, 1.54) is 5.56 Å². The number of aliphatic carboxylic acids is 1. The topological polar surface area (TPSA) is 78.7 Å². The molecule has 3 heterocycles. The molecule has 27 heavy (non-hydrogen) atoms. The largest absolute Gasteiger partial charge is 0.481 e. The van der Waals surface area contributed by atoms with Gasteiger partial charge in [0.2, 0.25) is 5.91 Å². The highest BCUT2D eigenvalue weighted by molar-refractivity contribution is 5.97. The van der Waals surface area contributed by atoms with E-state index < -0.39 is 5.97 Å². The summed E-state index contributed by atoms with van der Waals surface area (Å²) in [5.74, 6) is -0.681. The van der Waals surface area contributed by atoms with Crippen LogP contribution in [0.1, 0.15) is 30.3 Å². The molecule has 0 saturated carbocycles. The molecular weight excluding hydrogens is 344 g/mol. The smallest absolute Gasteiger partial charge is 0.303 e. The molecule has 1 N–H and O–H groups in total. The Balaban J connectivity index is 1.41. The number of nitrogens with zero attached hydrogens (tertiary/aromatic N) is 4. The van der Waals surface area contributed by atoms with Gasteiger partial charge in [-0.25, -0.2) is 0 Å². The van der Waals surface area contributed by atoms with Crippen LogP contribution in [0.5, 0.6) is 0 Å². The van der Waals surface area contributed by atoms with Crippen molar-refractivity contribution in [1.82, 2.24) is 14.7 Å². The van der Waals surface area contributed by atoms with E-state index in [0.29, 0.717) is 19.5 Å². The van der Waals surface area contributed by atoms with Gasteiger partial charge in [0, 0.05) is 31.2 Å². The highest BCUT2D eigenvalue weighted by Gasteiger charge is 2.32. The summed E-state index contributed by atoms with van der Waals surface area (Å²) in [6.07, 6.45) is 1.43. The Morgan fingerprint density at radius 2 is 2.07 bits per heavy atom. The third-order valence-electron chi connectivity index (χ3n) is 5.36. The number of anilines is 1. The number of carbonyl (C=O) groups is 2. The van der Waals surface area contributed by atoms with Crippen molar-refractivity contribution in [2.24, 2.45) is 0 Å². The predicted octanol–water partition coefficient (Wildman–Crippen LogP) is 1.69. The Bertz CT molecular complexity index is 876. The average Bonchev–Trinajstić information content (AvgIpc) is 3.18. The van der Waals surface area contributed by atoms with Crippen LogP contribution in [0.3, 0.4) is 0 Å². The molecule has 2 aliphatic rings. The van der Waals surface area contributed by atoms with E-state index in [4.69, 9.17) is 5.11 Å². The monoisotopic (exact) mass is 368 g/mol. The molecule has 0 bridgehead atoms. The lowest BCUT2D eigenvalue weighted by Crippen LogP contribution is -2.45. The highest BCUT2D eigenvalue weighted by Crippen LogP contribution is 2.32. The van der Waals surface area contributed by atoms with Crippen molar-refractivity contribution in [2.45, 2.75) is 45.3 Å². The number of carboxylic acids is 1. The molecule has 7 nitrogen and oxygen atoms in total. The van der Waals surface area contributed by atoms with E-state index in [2.05, 4.69) is 23.0 Å². The lowest BCUT2D eigenvalue weighted by Gasteiger charge is -2.30. The second-order valence-electron chi connectivity index (χ2n) is 7.40. The van der Waals surface area contributed by atoms with E-state index in [0.717, 1.165) is 36.6 Å². The summed E-state index contributed by atoms with van der Waals surface area (Å²) in [6, 6.07) is 10.3. The van der Waals surface area contributed by atoms with Gasteiger partial charge in [0.25, 0.3) is 0 Å². The minimum atomic E-state index is -0.812. The molecule has 0 fully saturated rings. The summed E-state index contributed by atoms with van der Waals surface area (Å²) in [7, 11) is 0. The molecule has 142 valence electrons. The number of para-hydroxylation sites is 1. The van der Waals surface area contributed by atoms with Gasteiger partial charge in [0.1, 0.15) is 0 Å². The number of carbonyl (C=O) groups excluding carboxylic acids is 1. The average molecular weight is 368 g/mol. The van der Waals surface area contributed by atoms with Crippen molar-refractivity contribution in [3.05, 3.63) is 47.3 Å². The van der Waals surface area contributed by atoms with E-state index in [-0.39, 0.29) is 18.4 Å². The number of aromatic nitrogens is 2. The third-order valence-corrected chi connectivity index (χ3v) is 5.36. The fourth-order valence-electron chi connectivity index (χ4n) is 4.09. The lowest BCUT2D eigenvalue weighted by atomic mass is 10.1. The fraction of sp³-hybridized carbons (Fsp3) is 0.450. The fourth-order valence-corrected chi connectivity index (χ4v) is 4.09. The molecule has 1 aromatic carbocycles. The Labute approximate surface area is 158 Å². The van der Waals surface area contributed by atoms with Gasteiger partial charge in [-0.1, -0.05) is 18.2 Å². The maximum absolute atomic E-state index is 13.0. The standard InChI is InChI=1S/C20H24N4O3/c1-14-10-15-4-2-3-5-18(15)24(14)19(25)13-22-8-9-23-17(12-22)11-16(21-23)6-7-20(26)27/h2-5,11,14H,6-10,12-13H2,1H3,(H,26,27). The number of hydrogen-bond acceptors (Lipinski definition) is 4. The van der Waals surface area contributed by atoms with E-state index in [1.54, 1.807) is 0 Å². The number of hydrogen-bond donors (Lipinski definition) is 1. The third kappa shape index (κ3) is 3.60. The molecular formula is C20H24N4O3. The van der Waals surface area contributed by atoms with Crippen molar-refractivity contribution >= 4 is 17.6 Å². The van der Waals surface area contributed by atoms with E-state index in [1.807, 2.05) is 33.8 Å². The first-order chi connectivity index (χ1) is 13.0. The second-order valence-corrected chi connectivity index (χ2v) is 7.40. The minimum Gasteiger partial charge on any atom is -0.481 e. The molecule has 1 amide bonds. The quantitative estimate of drug-likeness (QED) is 0.869. The van der Waals surface area contributed by atoms with Crippen LogP contribution in [0.2, 0.25) is 0 Å². The summed E-state index contributed by atoms with van der Waals surface area (Å²) in [4.78, 5) is 27.8. The number of fused-ring (bicyclic) bond motifs is 2. The van der Waals surface area contributed by atoms with Crippen molar-refractivity contribution < 1.29 is 14.7 Å². The molecule has 1 atom stereocenters. The van der Waals surface area contributed by atoms with Crippen LogP contribution in [0, 0.1) is 0 Å². The van der Waals surface area contributed by atoms with Crippen molar-refractivity contribution in [3.8, 4) is 0 Å². The van der Waals surface area contributed by atoms with Gasteiger partial charge < -0.3 is 10.0 Å².